The number of carbonyl (C=O) groups is 1. The van der Waals surface area contributed by atoms with Crippen LogP contribution in [0.25, 0.3) is 0 Å². The predicted molar refractivity (Wildman–Crippen MR) is 60.6 cm³/mol. The second-order valence-corrected chi connectivity index (χ2v) is 3.91. The molecule has 1 unspecified atom stereocenters. The van der Waals surface area contributed by atoms with Crippen molar-refractivity contribution in [3.05, 3.63) is 12.4 Å². The summed E-state index contributed by atoms with van der Waals surface area (Å²) in [5, 5.41) is 0. The SMILES string of the molecule is NC(=O)C1CCCCN1c1cnc(N)cn1. The number of nitrogens with two attached hydrogens (primary N) is 2. The summed E-state index contributed by atoms with van der Waals surface area (Å²) in [5.74, 6) is 0.729. The highest BCUT2D eigenvalue weighted by Gasteiger charge is 2.27. The minimum absolute atomic E-state index is 0.272. The largest absolute Gasteiger partial charge is 0.382 e. The van der Waals surface area contributed by atoms with Crippen molar-refractivity contribution in [2.75, 3.05) is 17.2 Å². The minimum Gasteiger partial charge on any atom is -0.382 e. The molecule has 1 aliphatic heterocycles. The van der Waals surface area contributed by atoms with E-state index in [1.807, 2.05) is 4.90 Å². The van der Waals surface area contributed by atoms with Gasteiger partial charge in [0.2, 0.25) is 5.91 Å². The smallest absolute Gasteiger partial charge is 0.240 e. The quantitative estimate of drug-likeness (QED) is 0.726. The first-order valence-corrected chi connectivity index (χ1v) is 5.32. The lowest BCUT2D eigenvalue weighted by Gasteiger charge is -2.34. The molecular formula is C10H15N5O. The summed E-state index contributed by atoms with van der Waals surface area (Å²) in [6.07, 6.45) is 5.91. The lowest BCUT2D eigenvalue weighted by atomic mass is 10.0. The van der Waals surface area contributed by atoms with Crippen molar-refractivity contribution in [1.82, 2.24) is 9.97 Å². The highest BCUT2D eigenvalue weighted by atomic mass is 16.1. The van der Waals surface area contributed by atoms with Gasteiger partial charge in [-0.1, -0.05) is 0 Å². The van der Waals surface area contributed by atoms with Gasteiger partial charge in [0.15, 0.2) is 0 Å². The molecule has 1 amide bonds. The third-order valence-electron chi connectivity index (χ3n) is 2.78. The number of nitrogens with zero attached hydrogens (tertiary/aromatic N) is 3. The van der Waals surface area contributed by atoms with E-state index in [0.29, 0.717) is 11.6 Å². The second-order valence-electron chi connectivity index (χ2n) is 3.91. The van der Waals surface area contributed by atoms with Crippen molar-refractivity contribution in [3.63, 3.8) is 0 Å². The summed E-state index contributed by atoms with van der Waals surface area (Å²) in [7, 11) is 0. The lowest BCUT2D eigenvalue weighted by Crippen LogP contribution is -2.48. The fourth-order valence-electron chi connectivity index (χ4n) is 1.98. The highest BCUT2D eigenvalue weighted by molar-refractivity contribution is 5.83. The van der Waals surface area contributed by atoms with Gasteiger partial charge >= 0.3 is 0 Å². The molecule has 86 valence electrons. The van der Waals surface area contributed by atoms with Gasteiger partial charge in [0.25, 0.3) is 0 Å². The Morgan fingerprint density at radius 1 is 1.38 bits per heavy atom. The number of aromatic nitrogens is 2. The van der Waals surface area contributed by atoms with E-state index in [9.17, 15) is 4.79 Å². The van der Waals surface area contributed by atoms with Crippen molar-refractivity contribution < 1.29 is 4.79 Å². The summed E-state index contributed by atoms with van der Waals surface area (Å²) < 4.78 is 0. The number of carbonyl (C=O) groups excluding carboxylic acids is 1. The number of primary amides is 1. The molecule has 1 aliphatic rings. The average Bonchev–Trinajstić information content (AvgIpc) is 2.30. The normalized spacial score (nSPS) is 20.8. The molecule has 0 saturated carbocycles. The molecule has 0 spiro atoms. The fraction of sp³-hybridized carbons (Fsp3) is 0.500. The van der Waals surface area contributed by atoms with Crippen LogP contribution in [0.3, 0.4) is 0 Å². The molecule has 1 aromatic heterocycles. The second kappa shape index (κ2) is 4.34. The molecule has 1 aromatic rings. The maximum Gasteiger partial charge on any atom is 0.240 e. The Labute approximate surface area is 93.7 Å². The average molecular weight is 221 g/mol. The van der Waals surface area contributed by atoms with Gasteiger partial charge in [-0.25, -0.2) is 9.97 Å². The lowest BCUT2D eigenvalue weighted by molar-refractivity contribution is -0.119. The zero-order valence-corrected chi connectivity index (χ0v) is 8.97. The van der Waals surface area contributed by atoms with Crippen molar-refractivity contribution in [1.29, 1.82) is 0 Å². The van der Waals surface area contributed by atoms with Crippen LogP contribution in [0.4, 0.5) is 11.6 Å². The van der Waals surface area contributed by atoms with Crippen LogP contribution in [0.15, 0.2) is 12.4 Å². The molecular weight excluding hydrogens is 206 g/mol. The van der Waals surface area contributed by atoms with Gasteiger partial charge in [-0.3, -0.25) is 4.79 Å². The number of hydrogen-bond donors (Lipinski definition) is 2. The molecule has 6 nitrogen and oxygen atoms in total. The van der Waals surface area contributed by atoms with Crippen molar-refractivity contribution in [2.24, 2.45) is 5.73 Å². The Morgan fingerprint density at radius 2 is 2.19 bits per heavy atom. The van der Waals surface area contributed by atoms with E-state index in [2.05, 4.69) is 9.97 Å². The Kier molecular flexibility index (Phi) is 2.89. The van der Waals surface area contributed by atoms with Crippen molar-refractivity contribution in [3.8, 4) is 0 Å². The van der Waals surface area contributed by atoms with E-state index in [0.717, 1.165) is 25.8 Å². The van der Waals surface area contributed by atoms with Crippen LogP contribution < -0.4 is 16.4 Å². The Balaban J connectivity index is 2.23. The van der Waals surface area contributed by atoms with Gasteiger partial charge in [0.1, 0.15) is 17.7 Å². The van der Waals surface area contributed by atoms with Crippen LogP contribution >= 0.6 is 0 Å². The number of rotatable bonds is 2. The molecule has 0 aliphatic carbocycles. The van der Waals surface area contributed by atoms with Crippen LogP contribution in [-0.4, -0.2) is 28.5 Å². The number of amides is 1. The topological polar surface area (TPSA) is 98.1 Å². The number of nitrogen functional groups attached to an aromatic ring is 1. The first kappa shape index (κ1) is 10.7. The summed E-state index contributed by atoms with van der Waals surface area (Å²) in [5.41, 5.74) is 10.8. The van der Waals surface area contributed by atoms with Crippen molar-refractivity contribution in [2.45, 2.75) is 25.3 Å². The van der Waals surface area contributed by atoms with Gasteiger partial charge in [-0.05, 0) is 19.3 Å². The van der Waals surface area contributed by atoms with Gasteiger partial charge < -0.3 is 16.4 Å². The first-order chi connectivity index (χ1) is 7.68. The molecule has 0 aromatic carbocycles. The first-order valence-electron chi connectivity index (χ1n) is 5.32. The Morgan fingerprint density at radius 3 is 2.81 bits per heavy atom. The predicted octanol–water partition coefficient (Wildman–Crippen LogP) is -0.0970. The van der Waals surface area contributed by atoms with Gasteiger partial charge in [-0.2, -0.15) is 0 Å². The van der Waals surface area contributed by atoms with Crippen LogP contribution in [0.5, 0.6) is 0 Å². The Hall–Kier alpha value is -1.85. The maximum atomic E-state index is 11.3. The molecule has 1 fully saturated rings. The van der Waals surface area contributed by atoms with Gasteiger partial charge in [0.05, 0.1) is 12.4 Å². The van der Waals surface area contributed by atoms with Crippen LogP contribution in [0.2, 0.25) is 0 Å². The summed E-state index contributed by atoms with van der Waals surface area (Å²) >= 11 is 0. The molecule has 1 atom stereocenters. The molecule has 2 rings (SSSR count). The minimum atomic E-state index is -0.307. The van der Waals surface area contributed by atoms with E-state index in [1.54, 1.807) is 6.20 Å². The van der Waals surface area contributed by atoms with E-state index in [4.69, 9.17) is 11.5 Å². The summed E-state index contributed by atoms with van der Waals surface area (Å²) in [4.78, 5) is 21.3. The molecule has 6 heteroatoms. The van der Waals surface area contributed by atoms with Gasteiger partial charge in [-0.15, -0.1) is 0 Å². The monoisotopic (exact) mass is 221 g/mol. The third-order valence-corrected chi connectivity index (χ3v) is 2.78. The van der Waals surface area contributed by atoms with E-state index in [1.165, 1.54) is 6.20 Å². The standard InChI is InChI=1S/C10H15N5O/c11-8-5-14-9(6-13-8)15-4-2-1-3-7(15)10(12)16/h5-7H,1-4H2,(H2,11,13)(H2,12,16). The number of anilines is 2. The fourth-order valence-corrected chi connectivity index (χ4v) is 1.98. The zero-order valence-electron chi connectivity index (χ0n) is 8.97. The maximum absolute atomic E-state index is 11.3. The van der Waals surface area contributed by atoms with Crippen LogP contribution in [0.1, 0.15) is 19.3 Å². The number of piperidine rings is 1. The molecule has 4 N–H and O–H groups in total. The van der Waals surface area contributed by atoms with Crippen LogP contribution in [-0.2, 0) is 4.79 Å². The molecule has 16 heavy (non-hydrogen) atoms. The zero-order chi connectivity index (χ0) is 11.5. The third kappa shape index (κ3) is 2.05. The molecule has 0 bridgehead atoms. The van der Waals surface area contributed by atoms with Gasteiger partial charge in [0, 0.05) is 6.54 Å². The molecule has 0 radical (unpaired) electrons. The molecule has 2 heterocycles. The van der Waals surface area contributed by atoms with E-state index < -0.39 is 0 Å². The highest BCUT2D eigenvalue weighted by Crippen LogP contribution is 2.22. The number of hydrogen-bond acceptors (Lipinski definition) is 5. The molecule has 1 saturated heterocycles. The van der Waals surface area contributed by atoms with E-state index >= 15 is 0 Å². The summed E-state index contributed by atoms with van der Waals surface area (Å²) in [6.45, 7) is 0.784. The van der Waals surface area contributed by atoms with Crippen LogP contribution in [0, 0.1) is 0 Å². The summed E-state index contributed by atoms with van der Waals surface area (Å²) in [6, 6.07) is -0.272. The van der Waals surface area contributed by atoms with Crippen molar-refractivity contribution >= 4 is 17.5 Å². The Bertz CT molecular complexity index is 377. The van der Waals surface area contributed by atoms with E-state index in [-0.39, 0.29) is 11.9 Å².